The Kier molecular flexibility index (Phi) is 2.43. The first-order chi connectivity index (χ1) is 4.22. The molecule has 9 heavy (non-hydrogen) atoms. The number of nitrogens with zero attached hydrogens (tertiary/aromatic N) is 2. The molecule has 0 aliphatic rings. The lowest BCUT2D eigenvalue weighted by molar-refractivity contribution is 1.11. The van der Waals surface area contributed by atoms with Crippen molar-refractivity contribution in [2.45, 2.75) is 0 Å². The summed E-state index contributed by atoms with van der Waals surface area (Å²) in [5, 5.41) is 0.498. The highest BCUT2D eigenvalue weighted by atomic mass is 79.9. The Labute approximate surface area is 73.9 Å². The second-order valence-electron chi connectivity index (χ2n) is 1.27. The fourth-order valence-electron chi connectivity index (χ4n) is 0.329. The van der Waals surface area contributed by atoms with Crippen molar-refractivity contribution in [3.05, 3.63) is 20.6 Å². The second-order valence-corrected chi connectivity index (χ2v) is 3.15. The summed E-state index contributed by atoms with van der Waals surface area (Å²) in [4.78, 5) is 7.57. The molecular weight excluding hydrogens is 271 g/mol. The third-order valence-corrected chi connectivity index (χ3v) is 2.72. The molecule has 0 atom stereocenters. The van der Waals surface area contributed by atoms with E-state index >= 15 is 0 Å². The fourth-order valence-corrected chi connectivity index (χ4v) is 1.25. The van der Waals surface area contributed by atoms with Crippen molar-refractivity contribution in [1.82, 2.24) is 9.97 Å². The Balaban J connectivity index is 3.25. The number of hydrogen-bond acceptors (Lipinski definition) is 2. The zero-order valence-electron chi connectivity index (χ0n) is 4.11. The van der Waals surface area contributed by atoms with Gasteiger partial charge >= 0.3 is 0 Å². The zero-order valence-corrected chi connectivity index (χ0v) is 8.03. The summed E-state index contributed by atoms with van der Waals surface area (Å²) in [6.07, 6.45) is 1.42. The van der Waals surface area contributed by atoms with Gasteiger partial charge in [0.2, 0.25) is 0 Å². The van der Waals surface area contributed by atoms with Gasteiger partial charge in [0, 0.05) is 0 Å². The van der Waals surface area contributed by atoms with Crippen LogP contribution < -0.4 is 0 Å². The van der Waals surface area contributed by atoms with Gasteiger partial charge in [-0.15, -0.1) is 0 Å². The van der Waals surface area contributed by atoms with E-state index < -0.39 is 0 Å². The summed E-state index contributed by atoms with van der Waals surface area (Å²) in [6.45, 7) is 0. The van der Waals surface area contributed by atoms with Crippen LogP contribution in [0.1, 0.15) is 0 Å². The van der Waals surface area contributed by atoms with Crippen LogP contribution in [-0.2, 0) is 0 Å². The normalized spacial score (nSPS) is 9.67. The minimum absolute atomic E-state index is 0.498. The molecule has 2 nitrogen and oxygen atoms in total. The monoisotopic (exact) mass is 270 g/mol. The predicted octanol–water partition coefficient (Wildman–Crippen LogP) is 2.65. The van der Waals surface area contributed by atoms with E-state index in [4.69, 9.17) is 11.6 Å². The topological polar surface area (TPSA) is 25.8 Å². The Morgan fingerprint density at radius 3 is 2.00 bits per heavy atom. The van der Waals surface area contributed by atoms with Crippen molar-refractivity contribution in [3.8, 4) is 0 Å². The van der Waals surface area contributed by atoms with E-state index in [2.05, 4.69) is 41.8 Å². The SMILES string of the molecule is Clc1c(Br)ncnc1Br. The van der Waals surface area contributed by atoms with E-state index in [9.17, 15) is 0 Å². The van der Waals surface area contributed by atoms with Crippen LogP contribution in [0.5, 0.6) is 0 Å². The average molecular weight is 272 g/mol. The van der Waals surface area contributed by atoms with Gasteiger partial charge in [0.15, 0.2) is 0 Å². The van der Waals surface area contributed by atoms with Gasteiger partial charge in [0.05, 0.1) is 0 Å². The first-order valence-corrected chi connectivity index (χ1v) is 3.99. The van der Waals surface area contributed by atoms with Gasteiger partial charge < -0.3 is 0 Å². The maximum atomic E-state index is 5.66. The molecule has 1 rings (SSSR count). The Hall–Kier alpha value is 0.330. The van der Waals surface area contributed by atoms with Crippen molar-refractivity contribution in [1.29, 1.82) is 0 Å². The van der Waals surface area contributed by atoms with Crippen molar-refractivity contribution < 1.29 is 0 Å². The van der Waals surface area contributed by atoms with Crippen molar-refractivity contribution in [2.75, 3.05) is 0 Å². The van der Waals surface area contributed by atoms with Crippen molar-refractivity contribution >= 4 is 43.5 Å². The van der Waals surface area contributed by atoms with Crippen LogP contribution in [0.2, 0.25) is 5.02 Å². The second kappa shape index (κ2) is 2.94. The smallest absolute Gasteiger partial charge is 0.129 e. The first-order valence-electron chi connectivity index (χ1n) is 2.03. The molecule has 0 fully saturated rings. The molecule has 0 spiro atoms. The number of hydrogen-bond donors (Lipinski definition) is 0. The molecule has 0 N–H and O–H groups in total. The summed E-state index contributed by atoms with van der Waals surface area (Å²) >= 11 is 11.9. The molecule has 1 aromatic heterocycles. The van der Waals surface area contributed by atoms with Crippen molar-refractivity contribution in [3.63, 3.8) is 0 Å². The molecule has 0 aliphatic carbocycles. The minimum atomic E-state index is 0.498. The van der Waals surface area contributed by atoms with Crippen LogP contribution in [0.4, 0.5) is 0 Å². The molecule has 5 heteroatoms. The molecular formula is C4HBr2ClN2. The van der Waals surface area contributed by atoms with Crippen LogP contribution in [0.3, 0.4) is 0 Å². The molecule has 0 saturated heterocycles. The van der Waals surface area contributed by atoms with Crippen LogP contribution in [0.25, 0.3) is 0 Å². The average Bonchev–Trinajstić information content (AvgIpc) is 1.83. The third kappa shape index (κ3) is 1.63. The predicted molar refractivity (Wildman–Crippen MR) is 42.4 cm³/mol. The highest BCUT2D eigenvalue weighted by molar-refractivity contribution is 9.11. The first kappa shape index (κ1) is 7.44. The Morgan fingerprint density at radius 2 is 1.67 bits per heavy atom. The van der Waals surface area contributed by atoms with E-state index in [0.29, 0.717) is 14.2 Å². The molecule has 0 amide bonds. The van der Waals surface area contributed by atoms with E-state index in [-0.39, 0.29) is 0 Å². The fraction of sp³-hybridized carbons (Fsp3) is 0. The lowest BCUT2D eigenvalue weighted by Gasteiger charge is -1.93. The highest BCUT2D eigenvalue weighted by Gasteiger charge is 2.01. The lowest BCUT2D eigenvalue weighted by Crippen LogP contribution is -1.81. The number of aromatic nitrogens is 2. The van der Waals surface area contributed by atoms with E-state index in [1.165, 1.54) is 6.33 Å². The number of halogens is 3. The van der Waals surface area contributed by atoms with E-state index in [0.717, 1.165) is 0 Å². The van der Waals surface area contributed by atoms with Crippen LogP contribution in [-0.4, -0.2) is 9.97 Å². The van der Waals surface area contributed by atoms with Crippen LogP contribution >= 0.6 is 43.5 Å². The van der Waals surface area contributed by atoms with E-state index in [1.54, 1.807) is 0 Å². The molecule has 0 unspecified atom stereocenters. The zero-order chi connectivity index (χ0) is 6.85. The molecule has 1 aromatic rings. The van der Waals surface area contributed by atoms with Crippen LogP contribution in [0.15, 0.2) is 15.5 Å². The largest absolute Gasteiger partial charge is 0.228 e. The molecule has 0 bridgehead atoms. The minimum Gasteiger partial charge on any atom is -0.228 e. The Morgan fingerprint density at radius 1 is 1.22 bits per heavy atom. The van der Waals surface area contributed by atoms with Gasteiger partial charge in [-0.05, 0) is 31.9 Å². The molecule has 0 saturated carbocycles. The molecule has 48 valence electrons. The van der Waals surface area contributed by atoms with Gasteiger partial charge in [-0.2, -0.15) is 0 Å². The summed E-state index contributed by atoms with van der Waals surface area (Å²) in [5.74, 6) is 0. The molecule has 0 aliphatic heterocycles. The maximum Gasteiger partial charge on any atom is 0.129 e. The highest BCUT2D eigenvalue weighted by Crippen LogP contribution is 2.25. The summed E-state index contributed by atoms with van der Waals surface area (Å²) < 4.78 is 1.21. The van der Waals surface area contributed by atoms with Crippen LogP contribution in [0, 0.1) is 0 Å². The van der Waals surface area contributed by atoms with E-state index in [1.807, 2.05) is 0 Å². The van der Waals surface area contributed by atoms with Gasteiger partial charge in [-0.1, -0.05) is 11.6 Å². The van der Waals surface area contributed by atoms with Gasteiger partial charge in [-0.3, -0.25) is 0 Å². The molecule has 1 heterocycles. The summed E-state index contributed by atoms with van der Waals surface area (Å²) in [6, 6.07) is 0. The molecule has 0 aromatic carbocycles. The quantitative estimate of drug-likeness (QED) is 0.679. The summed E-state index contributed by atoms with van der Waals surface area (Å²) in [5.41, 5.74) is 0. The van der Waals surface area contributed by atoms with Gasteiger partial charge in [0.25, 0.3) is 0 Å². The molecule has 0 radical (unpaired) electrons. The van der Waals surface area contributed by atoms with Crippen molar-refractivity contribution in [2.24, 2.45) is 0 Å². The lowest BCUT2D eigenvalue weighted by atomic mass is 10.7. The van der Waals surface area contributed by atoms with Gasteiger partial charge in [0.1, 0.15) is 20.6 Å². The summed E-state index contributed by atoms with van der Waals surface area (Å²) in [7, 11) is 0. The standard InChI is InChI=1S/C4HBr2ClN2/c5-3-2(7)4(6)9-1-8-3/h1H. The Bertz CT molecular complexity index is 208. The third-order valence-electron chi connectivity index (χ3n) is 0.704. The van der Waals surface area contributed by atoms with Gasteiger partial charge in [-0.25, -0.2) is 9.97 Å². The maximum absolute atomic E-state index is 5.66. The number of rotatable bonds is 0.